The molecule has 0 heterocycles. The summed E-state index contributed by atoms with van der Waals surface area (Å²) >= 11 is 0. The molecule has 0 saturated heterocycles. The number of hydrogen-bond acceptors (Lipinski definition) is 6. The van der Waals surface area contributed by atoms with Gasteiger partial charge in [-0.1, -0.05) is 65.2 Å². The van der Waals surface area contributed by atoms with Crippen LogP contribution in [-0.4, -0.2) is 43.2 Å². The minimum Gasteiger partial charge on any atom is -0.461 e. The smallest absolute Gasteiger partial charge is 0.323 e. The summed E-state index contributed by atoms with van der Waals surface area (Å²) in [6.07, 6.45) is 12.4. The van der Waals surface area contributed by atoms with Gasteiger partial charge in [-0.3, -0.25) is 14.6 Å². The standard InChI is InChI=1S/C22H44N4O4/c1-3-5-6-7-8-9-10-11-12-15-20(27)30-18(4-2)17-29-21(28)19(23)14-13-16-26-22(24)25/h18-19H,3-17,23H2,1-2H3,(H4,24,25,26). The molecule has 0 rings (SSSR count). The number of carbonyl (C=O) groups excluding carboxylic acids is 2. The van der Waals surface area contributed by atoms with Gasteiger partial charge in [0.15, 0.2) is 5.96 Å². The Hall–Kier alpha value is -1.83. The molecule has 0 amide bonds. The number of carbonyl (C=O) groups is 2. The summed E-state index contributed by atoms with van der Waals surface area (Å²) < 4.78 is 10.6. The highest BCUT2D eigenvalue weighted by Crippen LogP contribution is 2.11. The monoisotopic (exact) mass is 428 g/mol. The molecule has 176 valence electrons. The van der Waals surface area contributed by atoms with E-state index in [1.54, 1.807) is 0 Å². The molecular formula is C22H44N4O4. The molecule has 6 N–H and O–H groups in total. The van der Waals surface area contributed by atoms with Gasteiger partial charge in [-0.2, -0.15) is 0 Å². The van der Waals surface area contributed by atoms with E-state index in [0.717, 1.165) is 19.3 Å². The SMILES string of the molecule is CCCCCCCCCCCC(=O)OC(CC)COC(=O)C(N)CCCN=C(N)N. The number of ether oxygens (including phenoxy) is 2. The first-order chi connectivity index (χ1) is 14.4. The van der Waals surface area contributed by atoms with E-state index < -0.39 is 18.1 Å². The van der Waals surface area contributed by atoms with Crippen molar-refractivity contribution in [1.82, 2.24) is 0 Å². The van der Waals surface area contributed by atoms with Crippen molar-refractivity contribution < 1.29 is 19.1 Å². The first kappa shape index (κ1) is 28.2. The van der Waals surface area contributed by atoms with Crippen molar-refractivity contribution in [3.63, 3.8) is 0 Å². The van der Waals surface area contributed by atoms with Crippen molar-refractivity contribution in [2.75, 3.05) is 13.2 Å². The second-order valence-corrected chi connectivity index (χ2v) is 7.78. The Morgan fingerprint density at radius 2 is 1.50 bits per heavy atom. The number of esters is 2. The van der Waals surface area contributed by atoms with Crippen LogP contribution >= 0.6 is 0 Å². The second-order valence-electron chi connectivity index (χ2n) is 7.78. The Kier molecular flexibility index (Phi) is 18.0. The summed E-state index contributed by atoms with van der Waals surface area (Å²) in [6, 6.07) is -0.741. The van der Waals surface area contributed by atoms with Gasteiger partial charge < -0.3 is 26.7 Å². The van der Waals surface area contributed by atoms with E-state index in [1.807, 2.05) is 6.92 Å². The highest BCUT2D eigenvalue weighted by molar-refractivity contribution is 5.76. The Bertz CT molecular complexity index is 482. The maximum absolute atomic E-state index is 12.0. The van der Waals surface area contributed by atoms with Crippen LogP contribution in [0.25, 0.3) is 0 Å². The summed E-state index contributed by atoms with van der Waals surface area (Å²) in [7, 11) is 0. The molecule has 8 nitrogen and oxygen atoms in total. The molecule has 0 aliphatic heterocycles. The number of rotatable bonds is 19. The van der Waals surface area contributed by atoms with Gasteiger partial charge in [0.2, 0.25) is 0 Å². The number of nitrogens with zero attached hydrogens (tertiary/aromatic N) is 1. The lowest BCUT2D eigenvalue weighted by molar-refractivity contribution is -0.160. The molecule has 0 fully saturated rings. The molecule has 0 radical (unpaired) electrons. The summed E-state index contributed by atoms with van der Waals surface area (Å²) in [6.45, 7) is 4.55. The topological polar surface area (TPSA) is 143 Å². The van der Waals surface area contributed by atoms with Crippen molar-refractivity contribution in [3.8, 4) is 0 Å². The fourth-order valence-electron chi connectivity index (χ4n) is 2.98. The zero-order valence-corrected chi connectivity index (χ0v) is 19.1. The van der Waals surface area contributed by atoms with E-state index in [9.17, 15) is 9.59 Å². The van der Waals surface area contributed by atoms with Gasteiger partial charge in [-0.05, 0) is 25.7 Å². The van der Waals surface area contributed by atoms with Gasteiger partial charge in [0.25, 0.3) is 0 Å². The summed E-state index contributed by atoms with van der Waals surface area (Å²) in [4.78, 5) is 27.8. The quantitative estimate of drug-likeness (QED) is 0.124. The average Bonchev–Trinajstić information content (AvgIpc) is 2.72. The number of nitrogens with two attached hydrogens (primary N) is 3. The van der Waals surface area contributed by atoms with E-state index in [2.05, 4.69) is 11.9 Å². The first-order valence-electron chi connectivity index (χ1n) is 11.6. The fourth-order valence-corrected chi connectivity index (χ4v) is 2.98. The van der Waals surface area contributed by atoms with Crippen molar-refractivity contribution >= 4 is 17.9 Å². The molecule has 2 unspecified atom stereocenters. The molecule has 0 saturated carbocycles. The predicted octanol–water partition coefficient (Wildman–Crippen LogP) is 3.15. The summed E-state index contributed by atoms with van der Waals surface area (Å²) in [5.74, 6) is -0.725. The van der Waals surface area contributed by atoms with Crippen LogP contribution in [0, 0.1) is 0 Å². The highest BCUT2D eigenvalue weighted by Gasteiger charge is 2.19. The van der Waals surface area contributed by atoms with Crippen LogP contribution in [0.3, 0.4) is 0 Å². The second kappa shape index (κ2) is 19.2. The van der Waals surface area contributed by atoms with Crippen LogP contribution in [0.1, 0.15) is 97.3 Å². The van der Waals surface area contributed by atoms with E-state index in [-0.39, 0.29) is 18.5 Å². The van der Waals surface area contributed by atoms with Crippen molar-refractivity contribution in [3.05, 3.63) is 0 Å². The zero-order valence-electron chi connectivity index (χ0n) is 19.1. The minimum atomic E-state index is -0.741. The molecule has 8 heteroatoms. The van der Waals surface area contributed by atoms with Gasteiger partial charge in [-0.15, -0.1) is 0 Å². The summed E-state index contributed by atoms with van der Waals surface area (Å²) in [5.41, 5.74) is 16.3. The molecule has 0 bridgehead atoms. The maximum atomic E-state index is 12.0. The molecule has 2 atom stereocenters. The third kappa shape index (κ3) is 17.1. The molecule has 0 aliphatic rings. The third-order valence-electron chi connectivity index (χ3n) is 4.92. The lowest BCUT2D eigenvalue weighted by Crippen LogP contribution is -2.35. The molecular weight excluding hydrogens is 384 g/mol. The Morgan fingerprint density at radius 1 is 0.900 bits per heavy atom. The fraction of sp³-hybridized carbons (Fsp3) is 0.864. The van der Waals surface area contributed by atoms with E-state index >= 15 is 0 Å². The average molecular weight is 429 g/mol. The van der Waals surface area contributed by atoms with Gasteiger partial charge in [0.1, 0.15) is 18.8 Å². The van der Waals surface area contributed by atoms with E-state index in [0.29, 0.717) is 32.2 Å². The molecule has 0 aromatic carbocycles. The van der Waals surface area contributed by atoms with Gasteiger partial charge in [0, 0.05) is 13.0 Å². The van der Waals surface area contributed by atoms with Gasteiger partial charge in [0.05, 0.1) is 0 Å². The van der Waals surface area contributed by atoms with Gasteiger partial charge >= 0.3 is 11.9 Å². The molecule has 0 aliphatic carbocycles. The predicted molar refractivity (Wildman–Crippen MR) is 121 cm³/mol. The Labute approximate surface area is 182 Å². The lowest BCUT2D eigenvalue weighted by Gasteiger charge is -2.18. The highest BCUT2D eigenvalue weighted by atomic mass is 16.6. The Morgan fingerprint density at radius 3 is 2.07 bits per heavy atom. The van der Waals surface area contributed by atoms with Crippen molar-refractivity contribution in [2.45, 2.75) is 109 Å². The van der Waals surface area contributed by atoms with E-state index in [1.165, 1.54) is 38.5 Å². The van der Waals surface area contributed by atoms with E-state index in [4.69, 9.17) is 26.7 Å². The number of aliphatic imine (C=N–C) groups is 1. The largest absolute Gasteiger partial charge is 0.461 e. The Balaban J connectivity index is 3.85. The van der Waals surface area contributed by atoms with Crippen LogP contribution in [0.4, 0.5) is 0 Å². The molecule has 0 aromatic heterocycles. The molecule has 0 aromatic rings. The maximum Gasteiger partial charge on any atom is 0.323 e. The van der Waals surface area contributed by atoms with Gasteiger partial charge in [-0.25, -0.2) is 0 Å². The van der Waals surface area contributed by atoms with Crippen molar-refractivity contribution in [2.24, 2.45) is 22.2 Å². The van der Waals surface area contributed by atoms with Crippen LogP contribution in [0.2, 0.25) is 0 Å². The van der Waals surface area contributed by atoms with Crippen LogP contribution in [0.15, 0.2) is 4.99 Å². The molecule has 0 spiro atoms. The normalized spacial score (nSPS) is 12.8. The third-order valence-corrected chi connectivity index (χ3v) is 4.92. The van der Waals surface area contributed by atoms with Crippen molar-refractivity contribution in [1.29, 1.82) is 0 Å². The summed E-state index contributed by atoms with van der Waals surface area (Å²) in [5, 5.41) is 0. The first-order valence-corrected chi connectivity index (χ1v) is 11.6. The number of guanidine groups is 1. The molecule has 30 heavy (non-hydrogen) atoms. The van der Waals surface area contributed by atoms with Crippen LogP contribution < -0.4 is 17.2 Å². The zero-order chi connectivity index (χ0) is 22.6. The lowest BCUT2D eigenvalue weighted by atomic mass is 10.1. The van der Waals surface area contributed by atoms with Crippen LogP contribution in [0.5, 0.6) is 0 Å². The minimum absolute atomic E-state index is 0.0150. The number of unbranched alkanes of at least 4 members (excludes halogenated alkanes) is 8. The number of hydrogen-bond donors (Lipinski definition) is 3. The van der Waals surface area contributed by atoms with Crippen LogP contribution in [-0.2, 0) is 19.1 Å².